The van der Waals surface area contributed by atoms with Gasteiger partial charge in [0.2, 0.25) is 0 Å². The zero-order valence-electron chi connectivity index (χ0n) is 15.3. The van der Waals surface area contributed by atoms with Crippen molar-refractivity contribution in [1.29, 1.82) is 0 Å². The Hall–Kier alpha value is -0.750. The van der Waals surface area contributed by atoms with E-state index in [0.717, 1.165) is 31.4 Å². The number of hydrogen-bond donors (Lipinski definition) is 0. The van der Waals surface area contributed by atoms with Crippen LogP contribution in [-0.4, -0.2) is 44.7 Å². The first-order chi connectivity index (χ1) is 10.4. The SMILES string of the molecule is CC(C)(C)OC(=O)N1CCC2(CCC2=N[S+]([O-])C(C)(C)C)CC1. The topological polar surface area (TPSA) is 65.0 Å². The molecule has 1 atom stereocenters. The summed E-state index contributed by atoms with van der Waals surface area (Å²) >= 11 is -1.19. The highest BCUT2D eigenvalue weighted by Gasteiger charge is 2.48. The molecule has 1 saturated carbocycles. The van der Waals surface area contributed by atoms with Crippen molar-refractivity contribution in [3.05, 3.63) is 0 Å². The average Bonchev–Trinajstić information content (AvgIpc) is 2.40. The third-order valence-electron chi connectivity index (χ3n) is 4.54. The molecule has 1 spiro atoms. The van der Waals surface area contributed by atoms with Crippen molar-refractivity contribution in [2.75, 3.05) is 13.1 Å². The third kappa shape index (κ3) is 4.41. The highest BCUT2D eigenvalue weighted by molar-refractivity contribution is 7.91. The molecule has 2 rings (SSSR count). The Bertz CT molecular complexity index is 483. The molecule has 2 fully saturated rings. The van der Waals surface area contributed by atoms with Crippen LogP contribution in [0.25, 0.3) is 0 Å². The van der Waals surface area contributed by atoms with Crippen LogP contribution >= 0.6 is 0 Å². The van der Waals surface area contributed by atoms with Gasteiger partial charge in [-0.15, -0.1) is 0 Å². The number of carbonyl (C=O) groups excluding carboxylic acids is 1. The number of ether oxygens (including phenoxy) is 1. The van der Waals surface area contributed by atoms with E-state index < -0.39 is 17.0 Å². The summed E-state index contributed by atoms with van der Waals surface area (Å²) in [7, 11) is 0. The fourth-order valence-corrected chi connectivity index (χ4v) is 3.71. The van der Waals surface area contributed by atoms with Gasteiger partial charge in [-0.2, -0.15) is 0 Å². The second kappa shape index (κ2) is 6.28. The molecule has 132 valence electrons. The number of rotatable bonds is 1. The van der Waals surface area contributed by atoms with Crippen LogP contribution in [0.2, 0.25) is 0 Å². The summed E-state index contributed by atoms with van der Waals surface area (Å²) in [6.45, 7) is 12.9. The number of amides is 1. The number of carbonyl (C=O) groups is 1. The molecule has 0 N–H and O–H groups in total. The molecule has 1 unspecified atom stereocenters. The van der Waals surface area contributed by atoms with Gasteiger partial charge >= 0.3 is 6.09 Å². The van der Waals surface area contributed by atoms with Crippen LogP contribution in [0.3, 0.4) is 0 Å². The predicted octanol–water partition coefficient (Wildman–Crippen LogP) is 3.70. The van der Waals surface area contributed by atoms with Gasteiger partial charge in [-0.1, -0.05) is 4.40 Å². The Morgan fingerprint density at radius 3 is 2.13 bits per heavy atom. The summed E-state index contributed by atoms with van der Waals surface area (Å²) in [5.74, 6) is 0. The van der Waals surface area contributed by atoms with E-state index in [0.29, 0.717) is 13.1 Å². The Morgan fingerprint density at radius 1 is 1.17 bits per heavy atom. The molecule has 0 aromatic rings. The van der Waals surface area contributed by atoms with Gasteiger partial charge in [0, 0.05) is 18.5 Å². The average molecular weight is 343 g/mol. The van der Waals surface area contributed by atoms with Gasteiger partial charge < -0.3 is 14.2 Å². The van der Waals surface area contributed by atoms with E-state index in [-0.39, 0.29) is 16.3 Å². The summed E-state index contributed by atoms with van der Waals surface area (Å²) in [4.78, 5) is 13.9. The van der Waals surface area contributed by atoms with Crippen LogP contribution in [0.4, 0.5) is 4.79 Å². The Labute approximate surface area is 143 Å². The fourth-order valence-electron chi connectivity index (χ4n) is 2.95. The largest absolute Gasteiger partial charge is 0.591 e. The second-order valence-electron chi connectivity index (χ2n) is 8.65. The number of piperidine rings is 1. The normalized spacial score (nSPS) is 24.5. The summed E-state index contributed by atoms with van der Waals surface area (Å²) in [5.41, 5.74) is 0.702. The van der Waals surface area contributed by atoms with Crippen molar-refractivity contribution in [3.63, 3.8) is 0 Å². The molecule has 1 amide bonds. The molecular formula is C17H30N2O3S. The van der Waals surface area contributed by atoms with Crippen LogP contribution in [0.1, 0.15) is 67.2 Å². The van der Waals surface area contributed by atoms with E-state index >= 15 is 0 Å². The number of likely N-dealkylation sites (tertiary alicyclic amines) is 1. The van der Waals surface area contributed by atoms with Gasteiger partial charge in [-0.05, 0) is 67.2 Å². The van der Waals surface area contributed by atoms with E-state index in [1.807, 2.05) is 41.5 Å². The van der Waals surface area contributed by atoms with E-state index in [9.17, 15) is 9.35 Å². The summed E-state index contributed by atoms with van der Waals surface area (Å²) < 4.78 is 21.9. The first-order valence-corrected chi connectivity index (χ1v) is 9.52. The number of nitrogens with zero attached hydrogens (tertiary/aromatic N) is 2. The lowest BCUT2D eigenvalue weighted by atomic mass is 9.61. The van der Waals surface area contributed by atoms with Crippen molar-refractivity contribution in [2.45, 2.75) is 77.6 Å². The second-order valence-corrected chi connectivity index (χ2v) is 10.6. The quantitative estimate of drug-likeness (QED) is 0.682. The van der Waals surface area contributed by atoms with Gasteiger partial charge in [0.15, 0.2) is 0 Å². The van der Waals surface area contributed by atoms with Crippen molar-refractivity contribution in [2.24, 2.45) is 9.81 Å². The molecule has 6 heteroatoms. The summed E-state index contributed by atoms with van der Waals surface area (Å²) in [6.07, 6.45) is 3.59. The Morgan fingerprint density at radius 2 is 1.74 bits per heavy atom. The number of hydrogen-bond acceptors (Lipinski definition) is 4. The molecule has 1 saturated heterocycles. The van der Waals surface area contributed by atoms with Crippen LogP contribution in [-0.2, 0) is 16.1 Å². The lowest BCUT2D eigenvalue weighted by Crippen LogP contribution is -2.52. The molecule has 0 aromatic carbocycles. The lowest BCUT2D eigenvalue weighted by molar-refractivity contribution is 0.0133. The van der Waals surface area contributed by atoms with Gasteiger partial charge in [-0.3, -0.25) is 0 Å². The van der Waals surface area contributed by atoms with Gasteiger partial charge in [0.1, 0.15) is 21.7 Å². The fraction of sp³-hybridized carbons (Fsp3) is 0.882. The maximum Gasteiger partial charge on any atom is 0.410 e. The lowest BCUT2D eigenvalue weighted by Gasteiger charge is -2.48. The first-order valence-electron chi connectivity index (χ1n) is 8.41. The third-order valence-corrected chi connectivity index (χ3v) is 5.98. The molecule has 5 nitrogen and oxygen atoms in total. The van der Waals surface area contributed by atoms with E-state index in [4.69, 9.17) is 4.74 Å². The molecule has 0 aromatic heterocycles. The summed E-state index contributed by atoms with van der Waals surface area (Å²) in [6, 6.07) is 0. The summed E-state index contributed by atoms with van der Waals surface area (Å²) in [5, 5.41) is 0. The maximum atomic E-state index is 12.3. The minimum atomic E-state index is -1.19. The van der Waals surface area contributed by atoms with Gasteiger partial charge in [-0.25, -0.2) is 4.79 Å². The predicted molar refractivity (Wildman–Crippen MR) is 94.0 cm³/mol. The molecule has 2 aliphatic rings. The molecule has 0 radical (unpaired) electrons. The van der Waals surface area contributed by atoms with Crippen molar-refractivity contribution in [1.82, 2.24) is 4.90 Å². The van der Waals surface area contributed by atoms with Crippen molar-refractivity contribution < 1.29 is 14.1 Å². The van der Waals surface area contributed by atoms with E-state index in [1.54, 1.807) is 4.90 Å². The highest BCUT2D eigenvalue weighted by Crippen LogP contribution is 2.47. The van der Waals surface area contributed by atoms with Crippen molar-refractivity contribution >= 4 is 23.2 Å². The molecular weight excluding hydrogens is 312 g/mol. The van der Waals surface area contributed by atoms with Crippen LogP contribution in [0.15, 0.2) is 4.40 Å². The first kappa shape index (κ1) is 18.6. The van der Waals surface area contributed by atoms with E-state index in [1.165, 1.54) is 0 Å². The minimum Gasteiger partial charge on any atom is -0.591 e. The molecule has 1 heterocycles. The molecule has 1 aliphatic carbocycles. The maximum absolute atomic E-state index is 12.3. The van der Waals surface area contributed by atoms with Gasteiger partial charge in [0.05, 0.1) is 5.71 Å². The minimum absolute atomic E-state index is 0.0689. The smallest absolute Gasteiger partial charge is 0.410 e. The molecule has 23 heavy (non-hydrogen) atoms. The van der Waals surface area contributed by atoms with Crippen molar-refractivity contribution in [3.8, 4) is 0 Å². The monoisotopic (exact) mass is 342 g/mol. The van der Waals surface area contributed by atoms with E-state index in [2.05, 4.69) is 4.40 Å². The zero-order chi connectivity index (χ0) is 17.5. The molecule has 0 bridgehead atoms. The van der Waals surface area contributed by atoms with Crippen LogP contribution in [0, 0.1) is 5.41 Å². The standard InChI is InChI=1S/C17H30N2O3S/c1-15(2,3)22-14(20)19-11-9-17(10-12-19)8-7-13(17)18-23(21)16(4,5)6/h7-12H2,1-6H3. The highest BCUT2D eigenvalue weighted by atomic mass is 32.2. The van der Waals surface area contributed by atoms with Crippen LogP contribution in [0.5, 0.6) is 0 Å². The Balaban J connectivity index is 1.96. The zero-order valence-corrected chi connectivity index (χ0v) is 16.1. The van der Waals surface area contributed by atoms with Crippen LogP contribution < -0.4 is 0 Å². The Kier molecular flexibility index (Phi) is 5.07. The van der Waals surface area contributed by atoms with Gasteiger partial charge in [0.25, 0.3) is 0 Å². The molecule has 1 aliphatic heterocycles.